The number of benzene rings is 2. The Labute approximate surface area is 128 Å². The van der Waals surface area contributed by atoms with Gasteiger partial charge < -0.3 is 9.64 Å². The highest BCUT2D eigenvalue weighted by Gasteiger charge is 2.29. The van der Waals surface area contributed by atoms with Gasteiger partial charge in [0.25, 0.3) is 5.91 Å². The summed E-state index contributed by atoms with van der Waals surface area (Å²) in [6.07, 6.45) is 1.40. The molecule has 0 bridgehead atoms. The van der Waals surface area contributed by atoms with Crippen molar-refractivity contribution in [2.75, 3.05) is 19.1 Å². The molecule has 1 aliphatic rings. The van der Waals surface area contributed by atoms with E-state index in [0.717, 1.165) is 11.3 Å². The number of ketones is 1. The van der Waals surface area contributed by atoms with Crippen LogP contribution < -0.4 is 9.64 Å². The molecule has 2 aromatic rings. The van der Waals surface area contributed by atoms with E-state index in [1.165, 1.54) is 6.08 Å². The smallest absolute Gasteiger partial charge is 0.258 e. The highest BCUT2D eigenvalue weighted by atomic mass is 16.5. The molecule has 1 heterocycles. The second-order valence-corrected chi connectivity index (χ2v) is 5.04. The molecule has 3 rings (SSSR count). The number of ether oxygens (including phenoxy) is 1. The average molecular weight is 293 g/mol. The number of hydrogen-bond acceptors (Lipinski definition) is 3. The van der Waals surface area contributed by atoms with Crippen molar-refractivity contribution in [1.29, 1.82) is 0 Å². The first-order valence-electron chi connectivity index (χ1n) is 6.89. The van der Waals surface area contributed by atoms with Crippen molar-refractivity contribution < 1.29 is 14.3 Å². The van der Waals surface area contributed by atoms with E-state index in [1.807, 2.05) is 24.3 Å². The Morgan fingerprint density at radius 2 is 1.91 bits per heavy atom. The predicted molar refractivity (Wildman–Crippen MR) is 85.2 cm³/mol. The zero-order valence-corrected chi connectivity index (χ0v) is 12.4. The molecule has 4 heteroatoms. The van der Waals surface area contributed by atoms with Gasteiger partial charge in [-0.1, -0.05) is 30.3 Å². The minimum Gasteiger partial charge on any atom is -0.497 e. The number of hydrogen-bond donors (Lipinski definition) is 0. The average Bonchev–Trinajstić information content (AvgIpc) is 2.80. The largest absolute Gasteiger partial charge is 0.497 e. The van der Waals surface area contributed by atoms with E-state index in [9.17, 15) is 9.59 Å². The Bertz CT molecular complexity index is 792. The summed E-state index contributed by atoms with van der Waals surface area (Å²) >= 11 is 0. The molecule has 22 heavy (non-hydrogen) atoms. The third-order valence-corrected chi connectivity index (χ3v) is 3.72. The van der Waals surface area contributed by atoms with E-state index in [0.29, 0.717) is 16.9 Å². The number of methoxy groups -OCH3 is 1. The normalized spacial score (nSPS) is 15.1. The summed E-state index contributed by atoms with van der Waals surface area (Å²) in [7, 11) is 3.26. The Balaban J connectivity index is 2.01. The van der Waals surface area contributed by atoms with Crippen LogP contribution in [0.4, 0.5) is 5.69 Å². The fraction of sp³-hybridized carbons (Fsp3) is 0.111. The maximum Gasteiger partial charge on any atom is 0.258 e. The summed E-state index contributed by atoms with van der Waals surface area (Å²) in [6, 6.07) is 14.3. The van der Waals surface area contributed by atoms with Gasteiger partial charge in [-0.25, -0.2) is 0 Å². The van der Waals surface area contributed by atoms with Crippen LogP contribution in [-0.2, 0) is 4.79 Å². The van der Waals surface area contributed by atoms with Gasteiger partial charge in [0.1, 0.15) is 5.75 Å². The Morgan fingerprint density at radius 1 is 1.14 bits per heavy atom. The van der Waals surface area contributed by atoms with Gasteiger partial charge in [0, 0.05) is 18.2 Å². The van der Waals surface area contributed by atoms with E-state index in [-0.39, 0.29) is 11.7 Å². The number of amides is 1. The lowest BCUT2D eigenvalue weighted by molar-refractivity contribution is -0.112. The Kier molecular flexibility index (Phi) is 3.51. The second kappa shape index (κ2) is 5.48. The zero-order chi connectivity index (χ0) is 15.7. The maximum atomic E-state index is 12.4. The molecule has 0 fully saturated rings. The molecule has 0 saturated carbocycles. The molecule has 2 aromatic carbocycles. The van der Waals surface area contributed by atoms with Crippen LogP contribution >= 0.6 is 0 Å². The van der Waals surface area contributed by atoms with Gasteiger partial charge in [-0.2, -0.15) is 0 Å². The molecule has 0 atom stereocenters. The Hall–Kier alpha value is -2.88. The topological polar surface area (TPSA) is 46.6 Å². The number of carbonyl (C=O) groups excluding carboxylic acids is 2. The fourth-order valence-corrected chi connectivity index (χ4v) is 2.53. The van der Waals surface area contributed by atoms with Crippen LogP contribution in [-0.4, -0.2) is 25.8 Å². The number of carbonyl (C=O) groups is 2. The van der Waals surface area contributed by atoms with Crippen molar-refractivity contribution in [3.8, 4) is 5.75 Å². The van der Waals surface area contributed by atoms with Crippen molar-refractivity contribution in [3.05, 3.63) is 65.7 Å². The zero-order valence-electron chi connectivity index (χ0n) is 12.4. The first-order chi connectivity index (χ1) is 10.6. The lowest BCUT2D eigenvalue weighted by Crippen LogP contribution is -2.20. The Morgan fingerprint density at radius 3 is 2.68 bits per heavy atom. The molecule has 0 aliphatic carbocycles. The lowest BCUT2D eigenvalue weighted by atomic mass is 10.0. The van der Waals surface area contributed by atoms with E-state index in [2.05, 4.69) is 0 Å². The molecule has 0 saturated heterocycles. The fourth-order valence-electron chi connectivity index (χ4n) is 2.53. The first-order valence-corrected chi connectivity index (χ1v) is 6.89. The van der Waals surface area contributed by atoms with E-state index >= 15 is 0 Å². The lowest BCUT2D eigenvalue weighted by Gasteiger charge is -2.07. The van der Waals surface area contributed by atoms with Crippen LogP contribution in [0.15, 0.2) is 54.6 Å². The van der Waals surface area contributed by atoms with Gasteiger partial charge >= 0.3 is 0 Å². The molecule has 0 N–H and O–H groups in total. The molecule has 110 valence electrons. The molecule has 0 radical (unpaired) electrons. The molecule has 1 amide bonds. The minimum absolute atomic E-state index is 0.169. The van der Waals surface area contributed by atoms with Crippen LogP contribution in [0.1, 0.15) is 15.9 Å². The van der Waals surface area contributed by atoms with Gasteiger partial charge in [-0.05, 0) is 24.3 Å². The molecule has 0 unspecified atom stereocenters. The van der Waals surface area contributed by atoms with Crippen LogP contribution in [0.2, 0.25) is 0 Å². The van der Waals surface area contributed by atoms with Crippen LogP contribution in [0, 0.1) is 0 Å². The standard InChI is InChI=1S/C18H15NO3/c1-19-16-9-4-3-8-14(16)15(18(19)21)11-17(20)12-6-5-7-13(10-12)22-2/h3-11H,1-2H3/b15-11+. The third-order valence-electron chi connectivity index (χ3n) is 3.72. The van der Waals surface area contributed by atoms with E-state index in [4.69, 9.17) is 4.74 Å². The summed E-state index contributed by atoms with van der Waals surface area (Å²) in [6.45, 7) is 0. The van der Waals surface area contributed by atoms with Crippen molar-refractivity contribution in [1.82, 2.24) is 0 Å². The number of anilines is 1. The van der Waals surface area contributed by atoms with Gasteiger partial charge in [0.15, 0.2) is 5.78 Å². The van der Waals surface area contributed by atoms with Crippen LogP contribution in [0.25, 0.3) is 5.57 Å². The van der Waals surface area contributed by atoms with E-state index < -0.39 is 0 Å². The maximum absolute atomic E-state index is 12.4. The van der Waals surface area contributed by atoms with Crippen LogP contribution in [0.5, 0.6) is 5.75 Å². The number of para-hydroxylation sites is 1. The van der Waals surface area contributed by atoms with Gasteiger partial charge in [0.05, 0.1) is 18.4 Å². The molecule has 0 aromatic heterocycles. The number of likely N-dealkylation sites (N-methyl/N-ethyl adjacent to an activating group) is 1. The summed E-state index contributed by atoms with van der Waals surface area (Å²) in [5.41, 5.74) is 2.51. The summed E-state index contributed by atoms with van der Waals surface area (Å²) in [5.74, 6) is 0.226. The SMILES string of the molecule is COc1cccc(C(=O)/C=C2/C(=O)N(C)c3ccccc32)c1. The molecular formula is C18H15NO3. The summed E-state index contributed by atoms with van der Waals surface area (Å²) in [4.78, 5) is 26.3. The van der Waals surface area contributed by atoms with Crippen LogP contribution in [0.3, 0.4) is 0 Å². The first kappa shape index (κ1) is 14.1. The van der Waals surface area contributed by atoms with Gasteiger partial charge in [-0.3, -0.25) is 9.59 Å². The number of fused-ring (bicyclic) bond motifs is 1. The second-order valence-electron chi connectivity index (χ2n) is 5.04. The van der Waals surface area contributed by atoms with Crippen molar-refractivity contribution >= 4 is 23.0 Å². The minimum atomic E-state index is -0.215. The third kappa shape index (κ3) is 2.29. The quantitative estimate of drug-likeness (QED) is 0.645. The van der Waals surface area contributed by atoms with Gasteiger partial charge in [-0.15, -0.1) is 0 Å². The van der Waals surface area contributed by atoms with Crippen molar-refractivity contribution in [3.63, 3.8) is 0 Å². The highest BCUT2D eigenvalue weighted by Crippen LogP contribution is 2.35. The van der Waals surface area contributed by atoms with Gasteiger partial charge in [0.2, 0.25) is 0 Å². The number of nitrogens with zero attached hydrogens (tertiary/aromatic N) is 1. The summed E-state index contributed by atoms with van der Waals surface area (Å²) in [5, 5.41) is 0. The monoisotopic (exact) mass is 293 g/mol. The molecule has 0 spiro atoms. The highest BCUT2D eigenvalue weighted by molar-refractivity contribution is 6.35. The van der Waals surface area contributed by atoms with Crippen molar-refractivity contribution in [2.45, 2.75) is 0 Å². The van der Waals surface area contributed by atoms with E-state index in [1.54, 1.807) is 43.3 Å². The summed E-state index contributed by atoms with van der Waals surface area (Å²) < 4.78 is 5.12. The molecule has 4 nitrogen and oxygen atoms in total. The van der Waals surface area contributed by atoms with Crippen molar-refractivity contribution in [2.24, 2.45) is 0 Å². The predicted octanol–water partition coefficient (Wildman–Crippen LogP) is 2.94. The number of allylic oxidation sites excluding steroid dienone is 1. The molecule has 1 aliphatic heterocycles. The molecular weight excluding hydrogens is 278 g/mol. The number of rotatable bonds is 3.